The van der Waals surface area contributed by atoms with Crippen LogP contribution in [0.5, 0.6) is 0 Å². The molecule has 4 heteroatoms. The molecular weight excluding hydrogens is 258 g/mol. The van der Waals surface area contributed by atoms with Crippen molar-refractivity contribution in [1.82, 2.24) is 4.98 Å². The fourth-order valence-electron chi connectivity index (χ4n) is 2.24. The van der Waals surface area contributed by atoms with Crippen LogP contribution in [0.25, 0.3) is 10.6 Å². The van der Waals surface area contributed by atoms with Crippen LogP contribution in [0.4, 0.5) is 0 Å². The highest BCUT2D eigenvalue weighted by atomic mass is 32.1. The highest BCUT2D eigenvalue weighted by Crippen LogP contribution is 2.31. The van der Waals surface area contributed by atoms with Crippen LogP contribution in [-0.2, 0) is 16.0 Å². The smallest absolute Gasteiger partial charge is 0.311 e. The van der Waals surface area contributed by atoms with E-state index < -0.39 is 0 Å². The lowest BCUT2D eigenvalue weighted by molar-refractivity contribution is -0.139. The molecule has 19 heavy (non-hydrogen) atoms. The molecule has 100 valence electrons. The second-order valence-corrected chi connectivity index (χ2v) is 5.53. The van der Waals surface area contributed by atoms with Crippen LogP contribution in [0.15, 0.2) is 17.5 Å². The number of carbonyl (C=O) groups excluding carboxylic acids is 1. The second kappa shape index (κ2) is 5.53. The van der Waals surface area contributed by atoms with E-state index in [1.165, 1.54) is 29.4 Å². The van der Waals surface area contributed by atoms with E-state index in [4.69, 9.17) is 0 Å². The molecule has 0 aliphatic rings. The van der Waals surface area contributed by atoms with Gasteiger partial charge in [0, 0.05) is 10.9 Å². The Morgan fingerprint density at radius 2 is 1.89 bits per heavy atom. The molecule has 1 aromatic heterocycles. The topological polar surface area (TPSA) is 39.2 Å². The monoisotopic (exact) mass is 275 g/mol. The molecule has 0 atom stereocenters. The minimum Gasteiger partial charge on any atom is -0.469 e. The average molecular weight is 275 g/mol. The summed E-state index contributed by atoms with van der Waals surface area (Å²) in [6, 6.07) is 4.31. The zero-order chi connectivity index (χ0) is 14.0. The lowest BCUT2D eigenvalue weighted by atomic mass is 10.0. The molecule has 0 aliphatic carbocycles. The minimum atomic E-state index is -0.255. The van der Waals surface area contributed by atoms with E-state index in [0.29, 0.717) is 0 Å². The summed E-state index contributed by atoms with van der Waals surface area (Å²) in [5, 5.41) is 2.89. The van der Waals surface area contributed by atoms with Gasteiger partial charge in [-0.1, -0.05) is 17.7 Å². The van der Waals surface area contributed by atoms with Crippen molar-refractivity contribution in [1.29, 1.82) is 0 Å². The summed E-state index contributed by atoms with van der Waals surface area (Å²) in [5.74, 6) is -0.255. The van der Waals surface area contributed by atoms with E-state index in [1.807, 2.05) is 5.38 Å². The van der Waals surface area contributed by atoms with Crippen LogP contribution in [0.2, 0.25) is 0 Å². The van der Waals surface area contributed by atoms with Crippen molar-refractivity contribution in [2.75, 3.05) is 7.11 Å². The third kappa shape index (κ3) is 3.01. The molecule has 0 aliphatic heterocycles. The third-order valence-electron chi connectivity index (χ3n) is 3.00. The number of aryl methyl sites for hydroxylation is 3. The predicted octanol–water partition coefficient (Wildman–Crippen LogP) is 3.45. The average Bonchev–Trinajstić information content (AvgIpc) is 2.75. The van der Waals surface area contributed by atoms with Crippen molar-refractivity contribution < 1.29 is 9.53 Å². The number of esters is 1. The van der Waals surface area contributed by atoms with Crippen LogP contribution in [0.1, 0.15) is 22.4 Å². The fourth-order valence-corrected chi connectivity index (χ4v) is 3.23. The normalized spacial score (nSPS) is 10.5. The maximum atomic E-state index is 11.2. The van der Waals surface area contributed by atoms with Gasteiger partial charge in [0.05, 0.1) is 19.2 Å². The van der Waals surface area contributed by atoms with Gasteiger partial charge in [-0.2, -0.15) is 0 Å². The Morgan fingerprint density at radius 3 is 2.47 bits per heavy atom. The van der Waals surface area contributed by atoms with Crippen LogP contribution in [0.3, 0.4) is 0 Å². The van der Waals surface area contributed by atoms with Gasteiger partial charge in [-0.15, -0.1) is 11.3 Å². The van der Waals surface area contributed by atoms with Crippen LogP contribution >= 0.6 is 11.3 Å². The molecule has 0 amide bonds. The number of carbonyl (C=O) groups is 1. The van der Waals surface area contributed by atoms with E-state index in [9.17, 15) is 4.79 Å². The molecule has 0 spiro atoms. The largest absolute Gasteiger partial charge is 0.469 e. The number of aromatic nitrogens is 1. The van der Waals surface area contributed by atoms with Gasteiger partial charge in [0.1, 0.15) is 5.01 Å². The maximum Gasteiger partial charge on any atom is 0.311 e. The number of hydrogen-bond acceptors (Lipinski definition) is 4. The Labute approximate surface area is 117 Å². The first kappa shape index (κ1) is 13.7. The maximum absolute atomic E-state index is 11.2. The highest BCUT2D eigenvalue weighted by molar-refractivity contribution is 7.13. The molecule has 2 aromatic rings. The number of thiazole rings is 1. The standard InChI is InChI=1S/C15H17NO2S/c1-9-5-10(2)14(11(3)6-9)15-16-12(8-19-15)7-13(17)18-4/h5-6,8H,7H2,1-4H3. The molecule has 0 radical (unpaired) electrons. The van der Waals surface area contributed by atoms with Crippen molar-refractivity contribution in [2.45, 2.75) is 27.2 Å². The molecule has 0 N–H and O–H groups in total. The molecule has 2 rings (SSSR count). The summed E-state index contributed by atoms with van der Waals surface area (Å²) in [7, 11) is 1.39. The lowest BCUT2D eigenvalue weighted by Gasteiger charge is -2.08. The highest BCUT2D eigenvalue weighted by Gasteiger charge is 2.12. The van der Waals surface area contributed by atoms with E-state index >= 15 is 0 Å². The lowest BCUT2D eigenvalue weighted by Crippen LogP contribution is -2.04. The summed E-state index contributed by atoms with van der Waals surface area (Å²) < 4.78 is 4.66. The van der Waals surface area contributed by atoms with Crippen molar-refractivity contribution in [3.63, 3.8) is 0 Å². The van der Waals surface area contributed by atoms with Crippen molar-refractivity contribution in [2.24, 2.45) is 0 Å². The Morgan fingerprint density at radius 1 is 1.26 bits per heavy atom. The first-order valence-electron chi connectivity index (χ1n) is 6.10. The zero-order valence-corrected chi connectivity index (χ0v) is 12.4. The number of rotatable bonds is 3. The molecule has 1 aromatic carbocycles. The van der Waals surface area contributed by atoms with Crippen LogP contribution in [-0.4, -0.2) is 18.1 Å². The van der Waals surface area contributed by atoms with Gasteiger partial charge >= 0.3 is 5.97 Å². The van der Waals surface area contributed by atoms with E-state index in [2.05, 4.69) is 42.6 Å². The van der Waals surface area contributed by atoms with Gasteiger partial charge in [0.2, 0.25) is 0 Å². The molecule has 0 saturated heterocycles. The summed E-state index contributed by atoms with van der Waals surface area (Å²) >= 11 is 1.57. The van der Waals surface area contributed by atoms with E-state index in [0.717, 1.165) is 10.7 Å². The van der Waals surface area contributed by atoms with Crippen LogP contribution < -0.4 is 0 Å². The first-order chi connectivity index (χ1) is 9.01. The van der Waals surface area contributed by atoms with Gasteiger partial charge in [-0.05, 0) is 31.9 Å². The Balaban J connectivity index is 2.36. The Hall–Kier alpha value is -1.68. The number of hydrogen-bond donors (Lipinski definition) is 0. The SMILES string of the molecule is COC(=O)Cc1csc(-c2c(C)cc(C)cc2C)n1. The van der Waals surface area contributed by atoms with Gasteiger partial charge in [0.25, 0.3) is 0 Å². The molecular formula is C15H17NO2S. The molecule has 0 saturated carbocycles. The van der Waals surface area contributed by atoms with Crippen molar-refractivity contribution in [3.05, 3.63) is 39.9 Å². The van der Waals surface area contributed by atoms with Gasteiger partial charge in [-0.25, -0.2) is 4.98 Å². The summed E-state index contributed by atoms with van der Waals surface area (Å²) in [6.45, 7) is 6.28. The fraction of sp³-hybridized carbons (Fsp3) is 0.333. The number of benzene rings is 1. The molecule has 0 fully saturated rings. The van der Waals surface area contributed by atoms with Crippen molar-refractivity contribution >= 4 is 17.3 Å². The summed E-state index contributed by atoms with van der Waals surface area (Å²) in [6.07, 6.45) is 0.233. The Bertz CT molecular complexity index is 593. The van der Waals surface area contributed by atoms with E-state index in [1.54, 1.807) is 11.3 Å². The minimum absolute atomic E-state index is 0.233. The van der Waals surface area contributed by atoms with Gasteiger partial charge < -0.3 is 4.74 Å². The van der Waals surface area contributed by atoms with E-state index in [-0.39, 0.29) is 12.4 Å². The Kier molecular flexibility index (Phi) is 4.00. The third-order valence-corrected chi connectivity index (χ3v) is 3.90. The molecule has 3 nitrogen and oxygen atoms in total. The quantitative estimate of drug-likeness (QED) is 0.805. The zero-order valence-electron chi connectivity index (χ0n) is 11.6. The first-order valence-corrected chi connectivity index (χ1v) is 6.98. The predicted molar refractivity (Wildman–Crippen MR) is 77.5 cm³/mol. The molecule has 0 unspecified atom stereocenters. The summed E-state index contributed by atoms with van der Waals surface area (Å²) in [4.78, 5) is 15.8. The van der Waals surface area contributed by atoms with Gasteiger partial charge in [-0.3, -0.25) is 4.79 Å². The number of methoxy groups -OCH3 is 1. The molecule has 1 heterocycles. The molecule has 0 bridgehead atoms. The second-order valence-electron chi connectivity index (χ2n) is 4.67. The summed E-state index contributed by atoms with van der Waals surface area (Å²) in [5.41, 5.74) is 5.64. The van der Waals surface area contributed by atoms with Gasteiger partial charge in [0.15, 0.2) is 0 Å². The number of ether oxygens (including phenoxy) is 1. The van der Waals surface area contributed by atoms with Crippen molar-refractivity contribution in [3.8, 4) is 10.6 Å². The number of nitrogens with zero attached hydrogens (tertiary/aromatic N) is 1. The van der Waals surface area contributed by atoms with Crippen LogP contribution in [0, 0.1) is 20.8 Å².